The van der Waals surface area contributed by atoms with Gasteiger partial charge < -0.3 is 10.6 Å². The first kappa shape index (κ1) is 23.9. The Hall–Kier alpha value is -3.27. The predicted molar refractivity (Wildman–Crippen MR) is 124 cm³/mol. The molecule has 0 spiro atoms. The summed E-state index contributed by atoms with van der Waals surface area (Å²) in [5, 5.41) is 25.0. The van der Waals surface area contributed by atoms with Gasteiger partial charge in [0.2, 0.25) is 5.91 Å². The Kier molecular flexibility index (Phi) is 6.70. The van der Waals surface area contributed by atoms with Gasteiger partial charge in [-0.25, -0.2) is 12.8 Å². The number of carbonyl (C=O) groups is 1. The first-order valence-electron chi connectivity index (χ1n) is 11.2. The highest BCUT2D eigenvalue weighted by atomic mass is 32.2. The molecule has 3 aliphatic rings. The molecule has 2 bridgehead atoms. The molecule has 1 unspecified atom stereocenters. The smallest absolute Gasteiger partial charge is 0.238 e. The van der Waals surface area contributed by atoms with Crippen LogP contribution >= 0.6 is 0 Å². The molecule has 9 heteroatoms. The lowest BCUT2D eigenvalue weighted by Gasteiger charge is -2.42. The Morgan fingerprint density at radius 3 is 2.38 bits per heavy atom. The fourth-order valence-corrected chi connectivity index (χ4v) is 5.74. The van der Waals surface area contributed by atoms with Crippen molar-refractivity contribution in [2.75, 3.05) is 6.26 Å². The van der Waals surface area contributed by atoms with Crippen molar-refractivity contribution >= 4 is 15.7 Å². The number of nitriles is 2. The molecule has 1 amide bonds. The highest BCUT2D eigenvalue weighted by Gasteiger charge is 2.39. The van der Waals surface area contributed by atoms with Gasteiger partial charge in [0, 0.05) is 18.7 Å². The number of rotatable bonds is 6. The zero-order valence-corrected chi connectivity index (χ0v) is 19.5. The van der Waals surface area contributed by atoms with Gasteiger partial charge in [0.1, 0.15) is 17.9 Å². The van der Waals surface area contributed by atoms with Gasteiger partial charge in [-0.05, 0) is 66.5 Å². The highest BCUT2D eigenvalue weighted by Crippen LogP contribution is 2.33. The van der Waals surface area contributed by atoms with E-state index in [0.29, 0.717) is 17.2 Å². The maximum atomic E-state index is 14.9. The second-order valence-electron chi connectivity index (χ2n) is 9.05. The number of nitrogens with one attached hydrogen (secondary N) is 2. The van der Waals surface area contributed by atoms with E-state index >= 15 is 0 Å². The van der Waals surface area contributed by atoms with Crippen LogP contribution in [-0.2, 0) is 21.1 Å². The first-order valence-corrected chi connectivity index (χ1v) is 13.1. The van der Waals surface area contributed by atoms with E-state index in [0.717, 1.165) is 31.9 Å². The number of benzene rings is 2. The van der Waals surface area contributed by atoms with Crippen molar-refractivity contribution < 1.29 is 17.6 Å². The Bertz CT molecular complexity index is 1300. The topological polar surface area (TPSA) is 123 Å². The number of amides is 1. The summed E-state index contributed by atoms with van der Waals surface area (Å²) in [6.45, 7) is 0. The fraction of sp³-hybridized carbons (Fsp3) is 0.400. The maximum Gasteiger partial charge on any atom is 0.238 e. The van der Waals surface area contributed by atoms with Crippen LogP contribution < -0.4 is 10.6 Å². The number of hydrogen-bond donors (Lipinski definition) is 2. The largest absolute Gasteiger partial charge is 0.339 e. The molecule has 2 aliphatic heterocycles. The SMILES string of the molecule is CS(=O)(=O)c1ccc(-c2ccc(C[C@@H](C#N)NC(=O)C3NC4CCC3CC4)c(F)c2)cc1C#N. The molecule has 34 heavy (non-hydrogen) atoms. The molecule has 1 saturated carbocycles. The molecular formula is C25H25FN4O3S. The van der Waals surface area contributed by atoms with E-state index in [4.69, 9.17) is 0 Å². The van der Waals surface area contributed by atoms with Crippen LogP contribution in [0, 0.1) is 34.4 Å². The van der Waals surface area contributed by atoms with Crippen LogP contribution in [0.15, 0.2) is 41.3 Å². The van der Waals surface area contributed by atoms with E-state index in [1.165, 1.54) is 24.3 Å². The Morgan fingerprint density at radius 1 is 1.15 bits per heavy atom. The van der Waals surface area contributed by atoms with Crippen LogP contribution in [0.4, 0.5) is 4.39 Å². The molecule has 0 aromatic heterocycles. The molecule has 1 aliphatic carbocycles. The standard InChI is InChI=1S/C25H25FN4O3S/c1-34(32,33)23-9-6-16(10-19(23)13-27)17-2-3-18(22(26)12-17)11-21(14-28)30-25(31)24-15-4-7-20(29-24)8-5-15/h2-3,6,9-10,12,15,20-21,24,29H,4-5,7-8,11H2,1H3,(H,30,31)/t15?,20?,21-,24?/m0/s1. The van der Waals surface area contributed by atoms with E-state index in [9.17, 15) is 28.1 Å². The van der Waals surface area contributed by atoms with Crippen LogP contribution in [0.1, 0.15) is 36.8 Å². The third-order valence-corrected chi connectivity index (χ3v) is 7.88. The van der Waals surface area contributed by atoms with Crippen molar-refractivity contribution in [1.29, 1.82) is 10.5 Å². The molecule has 2 aromatic carbocycles. The van der Waals surface area contributed by atoms with E-state index in [1.807, 2.05) is 6.07 Å². The molecule has 2 heterocycles. The van der Waals surface area contributed by atoms with Crippen molar-refractivity contribution in [3.8, 4) is 23.3 Å². The minimum Gasteiger partial charge on any atom is -0.339 e. The summed E-state index contributed by atoms with van der Waals surface area (Å²) in [5.74, 6) is -0.492. The minimum absolute atomic E-state index is 0.0123. The fourth-order valence-electron chi connectivity index (χ4n) is 4.92. The first-order chi connectivity index (χ1) is 16.2. The number of nitrogens with zero attached hydrogens (tertiary/aromatic N) is 2. The van der Waals surface area contributed by atoms with E-state index in [-0.39, 0.29) is 40.3 Å². The molecule has 7 nitrogen and oxygen atoms in total. The maximum absolute atomic E-state index is 14.9. The third kappa shape index (κ3) is 4.96. The minimum atomic E-state index is -3.56. The zero-order chi connectivity index (χ0) is 24.5. The van der Waals surface area contributed by atoms with Crippen LogP contribution in [0.3, 0.4) is 0 Å². The second kappa shape index (κ2) is 9.54. The average Bonchev–Trinajstić information content (AvgIpc) is 2.84. The van der Waals surface area contributed by atoms with Crippen LogP contribution in [0.2, 0.25) is 0 Å². The van der Waals surface area contributed by atoms with Crippen molar-refractivity contribution in [3.05, 3.63) is 53.3 Å². The lowest BCUT2D eigenvalue weighted by atomic mass is 9.76. The zero-order valence-electron chi connectivity index (χ0n) is 18.7. The number of fused-ring (bicyclic) bond motifs is 3. The van der Waals surface area contributed by atoms with Gasteiger partial charge in [-0.3, -0.25) is 4.79 Å². The lowest BCUT2D eigenvalue weighted by Crippen LogP contribution is -2.59. The molecule has 176 valence electrons. The molecular weight excluding hydrogens is 455 g/mol. The number of hydrogen-bond acceptors (Lipinski definition) is 6. The monoisotopic (exact) mass is 480 g/mol. The quantitative estimate of drug-likeness (QED) is 0.655. The van der Waals surface area contributed by atoms with Gasteiger partial charge in [0.15, 0.2) is 9.84 Å². The van der Waals surface area contributed by atoms with Gasteiger partial charge in [0.25, 0.3) is 0 Å². The van der Waals surface area contributed by atoms with E-state index in [1.54, 1.807) is 12.1 Å². The highest BCUT2D eigenvalue weighted by molar-refractivity contribution is 7.90. The number of sulfone groups is 1. The molecule has 2 saturated heterocycles. The molecule has 3 fully saturated rings. The summed E-state index contributed by atoms with van der Waals surface area (Å²) in [5.41, 5.74) is 1.24. The molecule has 2 N–H and O–H groups in total. The van der Waals surface area contributed by atoms with Crippen LogP contribution in [0.25, 0.3) is 11.1 Å². The van der Waals surface area contributed by atoms with Crippen LogP contribution in [-0.4, -0.2) is 38.7 Å². The van der Waals surface area contributed by atoms with E-state index < -0.39 is 21.7 Å². The van der Waals surface area contributed by atoms with Gasteiger partial charge in [-0.15, -0.1) is 0 Å². The Labute approximate surface area is 198 Å². The Morgan fingerprint density at radius 2 is 1.82 bits per heavy atom. The number of carbonyl (C=O) groups excluding carboxylic acids is 1. The van der Waals surface area contributed by atoms with Gasteiger partial charge in [-0.2, -0.15) is 10.5 Å². The summed E-state index contributed by atoms with van der Waals surface area (Å²) in [6.07, 6.45) is 5.19. The third-order valence-electron chi connectivity index (χ3n) is 6.72. The summed E-state index contributed by atoms with van der Waals surface area (Å²) in [4.78, 5) is 12.7. The van der Waals surface area contributed by atoms with Crippen molar-refractivity contribution in [1.82, 2.24) is 10.6 Å². The van der Waals surface area contributed by atoms with Crippen molar-refractivity contribution in [2.45, 2.75) is 55.1 Å². The predicted octanol–water partition coefficient (Wildman–Crippen LogP) is 2.85. The van der Waals surface area contributed by atoms with Gasteiger partial charge in [-0.1, -0.05) is 18.2 Å². The molecule has 0 radical (unpaired) electrons. The lowest BCUT2D eigenvalue weighted by molar-refractivity contribution is -0.127. The number of piperidine rings is 2. The second-order valence-corrected chi connectivity index (χ2v) is 11.0. The molecule has 5 rings (SSSR count). The van der Waals surface area contributed by atoms with Gasteiger partial charge >= 0.3 is 0 Å². The van der Waals surface area contributed by atoms with E-state index in [2.05, 4.69) is 16.7 Å². The summed E-state index contributed by atoms with van der Waals surface area (Å²) >= 11 is 0. The summed E-state index contributed by atoms with van der Waals surface area (Å²) in [7, 11) is -3.56. The summed E-state index contributed by atoms with van der Waals surface area (Å²) in [6, 6.07) is 11.8. The van der Waals surface area contributed by atoms with Gasteiger partial charge in [0.05, 0.1) is 22.6 Å². The normalized spacial score (nSPS) is 22.4. The Balaban J connectivity index is 1.48. The summed E-state index contributed by atoms with van der Waals surface area (Å²) < 4.78 is 38.6. The average molecular weight is 481 g/mol. The van der Waals surface area contributed by atoms with Crippen LogP contribution in [0.5, 0.6) is 0 Å². The number of halogens is 1. The molecule has 2 atom stereocenters. The molecule has 2 aromatic rings. The van der Waals surface area contributed by atoms with Crippen molar-refractivity contribution in [2.24, 2.45) is 5.92 Å². The van der Waals surface area contributed by atoms with Crippen molar-refractivity contribution in [3.63, 3.8) is 0 Å².